The number of aromatic nitrogens is 2. The van der Waals surface area contributed by atoms with E-state index in [1.165, 1.54) is 5.56 Å². The molecule has 1 aromatic heterocycles. The number of rotatable bonds is 6. The topological polar surface area (TPSA) is 29.9 Å². The lowest BCUT2D eigenvalue weighted by molar-refractivity contribution is 0.575. The van der Waals surface area contributed by atoms with Crippen molar-refractivity contribution in [1.82, 2.24) is 15.1 Å². The van der Waals surface area contributed by atoms with E-state index in [0.717, 1.165) is 25.2 Å². The molecule has 0 amide bonds. The summed E-state index contributed by atoms with van der Waals surface area (Å²) in [5, 5.41) is 7.51. The first-order valence-corrected chi connectivity index (χ1v) is 5.77. The number of nitrogens with one attached hydrogen (secondary N) is 1. The van der Waals surface area contributed by atoms with Crippen LogP contribution in [0.1, 0.15) is 5.56 Å². The van der Waals surface area contributed by atoms with Crippen molar-refractivity contribution in [2.24, 2.45) is 0 Å². The highest BCUT2D eigenvalue weighted by Crippen LogP contribution is 2.09. The van der Waals surface area contributed by atoms with E-state index in [1.807, 2.05) is 35.1 Å². The van der Waals surface area contributed by atoms with Gasteiger partial charge in [0.1, 0.15) is 0 Å². The molecule has 0 atom stereocenters. The molecule has 1 heterocycles. The summed E-state index contributed by atoms with van der Waals surface area (Å²) in [4.78, 5) is 0. The first-order chi connectivity index (χ1) is 8.36. The van der Waals surface area contributed by atoms with Gasteiger partial charge < -0.3 is 5.32 Å². The second-order valence-corrected chi connectivity index (χ2v) is 3.92. The van der Waals surface area contributed by atoms with Gasteiger partial charge in [-0.15, -0.1) is 0 Å². The molecule has 17 heavy (non-hydrogen) atoms. The molecule has 0 bridgehead atoms. The third-order valence-corrected chi connectivity index (χ3v) is 2.60. The molecular formula is C14H17N3. The summed E-state index contributed by atoms with van der Waals surface area (Å²) >= 11 is 0. The van der Waals surface area contributed by atoms with Crippen molar-refractivity contribution < 1.29 is 0 Å². The maximum absolute atomic E-state index is 4.15. The minimum Gasteiger partial charge on any atom is -0.311 e. The van der Waals surface area contributed by atoms with Gasteiger partial charge in [-0.05, 0) is 17.2 Å². The second kappa shape index (κ2) is 6.01. The fourth-order valence-corrected chi connectivity index (χ4v) is 1.64. The molecule has 0 aliphatic heterocycles. The van der Waals surface area contributed by atoms with Crippen LogP contribution in [0.15, 0.2) is 55.4 Å². The lowest BCUT2D eigenvalue weighted by atomic mass is 10.1. The smallest absolute Gasteiger partial charge is 0.0534 e. The first kappa shape index (κ1) is 11.6. The van der Waals surface area contributed by atoms with Crippen LogP contribution in [0.5, 0.6) is 0 Å². The number of hydrogen-bond acceptors (Lipinski definition) is 2. The van der Waals surface area contributed by atoms with Gasteiger partial charge in [-0.25, -0.2) is 0 Å². The highest BCUT2D eigenvalue weighted by atomic mass is 15.3. The van der Waals surface area contributed by atoms with Gasteiger partial charge in [-0.1, -0.05) is 36.9 Å². The Morgan fingerprint density at radius 2 is 2.06 bits per heavy atom. The van der Waals surface area contributed by atoms with Crippen molar-refractivity contribution in [3.8, 4) is 0 Å². The van der Waals surface area contributed by atoms with Crippen LogP contribution in [0.4, 0.5) is 0 Å². The van der Waals surface area contributed by atoms with Crippen LogP contribution < -0.4 is 5.32 Å². The van der Waals surface area contributed by atoms with Crippen LogP contribution >= 0.6 is 0 Å². The molecule has 1 N–H and O–H groups in total. The van der Waals surface area contributed by atoms with Crippen LogP contribution in [0.3, 0.4) is 0 Å². The lowest BCUT2D eigenvalue weighted by Crippen LogP contribution is -2.21. The molecule has 0 aliphatic rings. The molecule has 0 saturated carbocycles. The van der Waals surface area contributed by atoms with E-state index in [9.17, 15) is 0 Å². The summed E-state index contributed by atoms with van der Waals surface area (Å²) in [6.07, 6.45) is 3.76. The first-order valence-electron chi connectivity index (χ1n) is 5.77. The van der Waals surface area contributed by atoms with E-state index in [4.69, 9.17) is 0 Å². The van der Waals surface area contributed by atoms with E-state index >= 15 is 0 Å². The van der Waals surface area contributed by atoms with Gasteiger partial charge in [-0.2, -0.15) is 5.10 Å². The van der Waals surface area contributed by atoms with Gasteiger partial charge in [-0.3, -0.25) is 4.68 Å². The van der Waals surface area contributed by atoms with Crippen molar-refractivity contribution in [3.63, 3.8) is 0 Å². The van der Waals surface area contributed by atoms with Crippen LogP contribution in [-0.2, 0) is 6.54 Å². The van der Waals surface area contributed by atoms with Crippen molar-refractivity contribution >= 4 is 5.57 Å². The van der Waals surface area contributed by atoms with Gasteiger partial charge in [0.2, 0.25) is 0 Å². The number of nitrogens with zero attached hydrogens (tertiary/aromatic N) is 2. The monoisotopic (exact) mass is 227 g/mol. The highest BCUT2D eigenvalue weighted by Gasteiger charge is 1.97. The largest absolute Gasteiger partial charge is 0.311 e. The van der Waals surface area contributed by atoms with E-state index < -0.39 is 0 Å². The minimum absolute atomic E-state index is 0.811. The van der Waals surface area contributed by atoms with E-state index in [2.05, 4.69) is 29.1 Å². The molecule has 3 nitrogen and oxygen atoms in total. The minimum atomic E-state index is 0.811. The molecule has 0 aliphatic carbocycles. The average Bonchev–Trinajstić information content (AvgIpc) is 2.88. The average molecular weight is 227 g/mol. The Balaban J connectivity index is 1.70. The Hall–Kier alpha value is -1.87. The second-order valence-electron chi connectivity index (χ2n) is 3.92. The fraction of sp³-hybridized carbons (Fsp3) is 0.214. The predicted octanol–water partition coefficient (Wildman–Crippen LogP) is 2.19. The van der Waals surface area contributed by atoms with Crippen molar-refractivity contribution in [3.05, 3.63) is 60.9 Å². The summed E-state index contributed by atoms with van der Waals surface area (Å²) in [5.74, 6) is 0. The van der Waals surface area contributed by atoms with Gasteiger partial charge >= 0.3 is 0 Å². The normalized spacial score (nSPS) is 10.4. The van der Waals surface area contributed by atoms with Crippen LogP contribution in [0.25, 0.3) is 5.57 Å². The molecule has 0 saturated heterocycles. The Morgan fingerprint density at radius 1 is 1.24 bits per heavy atom. The Kier molecular flexibility index (Phi) is 4.11. The Labute approximate surface area is 102 Å². The van der Waals surface area contributed by atoms with Crippen LogP contribution in [-0.4, -0.2) is 22.9 Å². The zero-order valence-corrected chi connectivity index (χ0v) is 9.84. The Bertz CT molecular complexity index is 446. The van der Waals surface area contributed by atoms with Crippen LogP contribution in [0.2, 0.25) is 0 Å². The summed E-state index contributed by atoms with van der Waals surface area (Å²) in [5.41, 5.74) is 2.31. The molecule has 0 fully saturated rings. The zero-order chi connectivity index (χ0) is 11.9. The maximum atomic E-state index is 4.15. The lowest BCUT2D eigenvalue weighted by Gasteiger charge is -2.08. The van der Waals surface area contributed by atoms with E-state index in [1.54, 1.807) is 6.20 Å². The zero-order valence-electron chi connectivity index (χ0n) is 9.84. The van der Waals surface area contributed by atoms with Crippen LogP contribution in [0, 0.1) is 0 Å². The van der Waals surface area contributed by atoms with Gasteiger partial charge in [0.15, 0.2) is 0 Å². The fourth-order valence-electron chi connectivity index (χ4n) is 1.64. The third kappa shape index (κ3) is 3.57. The van der Waals surface area contributed by atoms with Gasteiger partial charge in [0, 0.05) is 25.5 Å². The van der Waals surface area contributed by atoms with Gasteiger partial charge in [0.25, 0.3) is 0 Å². The standard InChI is InChI=1S/C14H17N3/c1-13(14-6-3-2-4-7-14)12-15-9-11-17-10-5-8-16-17/h2-8,10,15H,1,9,11-12H2. The third-order valence-electron chi connectivity index (χ3n) is 2.60. The SMILES string of the molecule is C=C(CNCCn1cccn1)c1ccccc1. The van der Waals surface area contributed by atoms with Crippen molar-refractivity contribution in [1.29, 1.82) is 0 Å². The molecule has 0 spiro atoms. The Morgan fingerprint density at radius 3 is 2.76 bits per heavy atom. The van der Waals surface area contributed by atoms with Gasteiger partial charge in [0.05, 0.1) is 6.54 Å². The molecule has 0 radical (unpaired) electrons. The summed E-state index contributed by atoms with van der Waals surface area (Å²) < 4.78 is 1.91. The summed E-state index contributed by atoms with van der Waals surface area (Å²) in [6, 6.07) is 12.2. The van der Waals surface area contributed by atoms with E-state index in [0.29, 0.717) is 0 Å². The molecule has 2 rings (SSSR count). The summed E-state index contributed by atoms with van der Waals surface area (Å²) in [7, 11) is 0. The quantitative estimate of drug-likeness (QED) is 0.767. The molecule has 3 heteroatoms. The molecule has 2 aromatic rings. The summed E-state index contributed by atoms with van der Waals surface area (Å²) in [6.45, 7) is 6.67. The molecule has 1 aromatic carbocycles. The molecule has 88 valence electrons. The van der Waals surface area contributed by atoms with E-state index in [-0.39, 0.29) is 0 Å². The molecular weight excluding hydrogens is 210 g/mol. The highest BCUT2D eigenvalue weighted by molar-refractivity contribution is 5.64. The predicted molar refractivity (Wildman–Crippen MR) is 70.6 cm³/mol. The maximum Gasteiger partial charge on any atom is 0.0534 e. The van der Waals surface area contributed by atoms with Crippen molar-refractivity contribution in [2.45, 2.75) is 6.54 Å². The van der Waals surface area contributed by atoms with Crippen molar-refractivity contribution in [2.75, 3.05) is 13.1 Å². The molecule has 0 unspecified atom stereocenters. The number of hydrogen-bond donors (Lipinski definition) is 1. The number of benzene rings is 1.